The molecule has 122 valence electrons. The first-order valence-corrected chi connectivity index (χ1v) is 7.86. The van der Waals surface area contributed by atoms with Gasteiger partial charge in [0.25, 0.3) is 0 Å². The fourth-order valence-electron chi connectivity index (χ4n) is 3.41. The highest BCUT2D eigenvalue weighted by Crippen LogP contribution is 2.45. The number of rotatable bonds is 5. The van der Waals surface area contributed by atoms with E-state index in [1.54, 1.807) is 0 Å². The first-order valence-electron chi connectivity index (χ1n) is 7.86. The van der Waals surface area contributed by atoms with E-state index in [0.717, 1.165) is 0 Å². The fraction of sp³-hybridized carbons (Fsp3) is 0.875. The van der Waals surface area contributed by atoms with Crippen LogP contribution < -0.4 is 11.1 Å². The molecule has 5 heteroatoms. The van der Waals surface area contributed by atoms with E-state index in [1.807, 2.05) is 34.6 Å². The summed E-state index contributed by atoms with van der Waals surface area (Å²) in [5.41, 5.74) is 5.36. The monoisotopic (exact) mass is 298 g/mol. The number of nitrogens with one attached hydrogen (secondary N) is 1. The molecule has 0 aliphatic heterocycles. The number of carbonyl (C=O) groups excluding carboxylic acids is 1. The summed E-state index contributed by atoms with van der Waals surface area (Å²) in [6, 6.07) is 0.0240. The van der Waals surface area contributed by atoms with Crippen molar-refractivity contribution in [2.24, 2.45) is 34.8 Å². The molecule has 0 bridgehead atoms. The number of hydrogen-bond acceptors (Lipinski definition) is 3. The lowest BCUT2D eigenvalue weighted by atomic mass is 9.61. The Hall–Kier alpha value is -1.10. The van der Waals surface area contributed by atoms with Crippen molar-refractivity contribution in [1.29, 1.82) is 0 Å². The minimum atomic E-state index is -0.737. The van der Waals surface area contributed by atoms with Crippen molar-refractivity contribution in [3.8, 4) is 0 Å². The molecule has 4 N–H and O–H groups in total. The molecular weight excluding hydrogens is 268 g/mol. The molecular formula is C16H30N2O3. The molecule has 4 atom stereocenters. The van der Waals surface area contributed by atoms with Crippen LogP contribution in [0, 0.1) is 29.1 Å². The third-order valence-electron chi connectivity index (χ3n) is 5.46. The molecule has 1 fully saturated rings. The van der Waals surface area contributed by atoms with Gasteiger partial charge in [-0.05, 0) is 30.1 Å². The van der Waals surface area contributed by atoms with Crippen LogP contribution in [0.25, 0.3) is 0 Å². The highest BCUT2D eigenvalue weighted by atomic mass is 16.4. The van der Waals surface area contributed by atoms with E-state index in [0.29, 0.717) is 19.4 Å². The number of hydrogen-bond donors (Lipinski definition) is 3. The van der Waals surface area contributed by atoms with E-state index < -0.39 is 5.97 Å². The summed E-state index contributed by atoms with van der Waals surface area (Å²) >= 11 is 0. The molecule has 1 amide bonds. The Balaban J connectivity index is 2.79. The summed E-state index contributed by atoms with van der Waals surface area (Å²) in [7, 11) is 0. The van der Waals surface area contributed by atoms with Crippen molar-refractivity contribution in [2.45, 2.75) is 53.5 Å². The summed E-state index contributed by atoms with van der Waals surface area (Å²) in [6.07, 6.45) is 1.31. The quantitative estimate of drug-likeness (QED) is 0.722. The lowest BCUT2D eigenvalue weighted by Gasteiger charge is -2.46. The van der Waals surface area contributed by atoms with Gasteiger partial charge in [0.1, 0.15) is 0 Å². The molecule has 0 radical (unpaired) electrons. The molecule has 1 rings (SSSR count). The Bertz CT molecular complexity index is 393. The third-order valence-corrected chi connectivity index (χ3v) is 5.46. The number of nitrogens with two attached hydrogens (primary N) is 1. The average Bonchev–Trinajstić information content (AvgIpc) is 2.34. The van der Waals surface area contributed by atoms with Gasteiger partial charge in [-0.15, -0.1) is 0 Å². The van der Waals surface area contributed by atoms with Crippen LogP contribution in [0.3, 0.4) is 0 Å². The normalized spacial score (nSPS) is 30.0. The van der Waals surface area contributed by atoms with Gasteiger partial charge in [-0.2, -0.15) is 0 Å². The van der Waals surface area contributed by atoms with Gasteiger partial charge in [-0.1, -0.05) is 34.6 Å². The van der Waals surface area contributed by atoms with E-state index >= 15 is 0 Å². The van der Waals surface area contributed by atoms with Crippen molar-refractivity contribution in [3.05, 3.63) is 0 Å². The Morgan fingerprint density at radius 3 is 2.33 bits per heavy atom. The second kappa shape index (κ2) is 6.77. The van der Waals surface area contributed by atoms with Crippen molar-refractivity contribution < 1.29 is 14.7 Å². The SMILES string of the molecule is CC(C)C(CN)C(=O)NC1CCC(C(=O)O)C(C)(C)C1C. The standard InChI is InChI=1S/C16H30N2O3/c1-9(2)11(8-17)14(19)18-13-7-6-12(15(20)21)16(4,5)10(13)3/h9-13H,6-8,17H2,1-5H3,(H,18,19)(H,20,21). The van der Waals surface area contributed by atoms with Gasteiger partial charge < -0.3 is 16.2 Å². The lowest BCUT2D eigenvalue weighted by molar-refractivity contribution is -0.150. The predicted octanol–water partition coefficient (Wildman–Crippen LogP) is 1.86. The zero-order valence-corrected chi connectivity index (χ0v) is 13.8. The second-order valence-electron chi connectivity index (χ2n) is 7.28. The van der Waals surface area contributed by atoms with Crippen LogP contribution >= 0.6 is 0 Å². The van der Waals surface area contributed by atoms with Crippen LogP contribution in [-0.4, -0.2) is 29.6 Å². The smallest absolute Gasteiger partial charge is 0.307 e. The lowest BCUT2D eigenvalue weighted by Crippen LogP contribution is -2.54. The summed E-state index contributed by atoms with van der Waals surface area (Å²) in [6.45, 7) is 10.3. The van der Waals surface area contributed by atoms with E-state index in [9.17, 15) is 14.7 Å². The zero-order chi connectivity index (χ0) is 16.4. The number of carboxylic acids is 1. The highest BCUT2D eigenvalue weighted by molar-refractivity contribution is 5.79. The Morgan fingerprint density at radius 2 is 1.90 bits per heavy atom. The summed E-state index contributed by atoms with van der Waals surface area (Å²) in [5, 5.41) is 12.5. The van der Waals surface area contributed by atoms with Crippen LogP contribution in [0.4, 0.5) is 0 Å². The molecule has 21 heavy (non-hydrogen) atoms. The van der Waals surface area contributed by atoms with Gasteiger partial charge >= 0.3 is 5.97 Å². The molecule has 0 aromatic heterocycles. The van der Waals surface area contributed by atoms with Crippen LogP contribution in [0.2, 0.25) is 0 Å². The molecule has 1 aliphatic carbocycles. The van der Waals surface area contributed by atoms with Gasteiger partial charge in [0.15, 0.2) is 0 Å². The van der Waals surface area contributed by atoms with Gasteiger partial charge in [0.2, 0.25) is 5.91 Å². The fourth-order valence-corrected chi connectivity index (χ4v) is 3.41. The maximum Gasteiger partial charge on any atom is 0.307 e. The van der Waals surface area contributed by atoms with Gasteiger partial charge in [0, 0.05) is 12.6 Å². The molecule has 1 saturated carbocycles. The largest absolute Gasteiger partial charge is 0.481 e. The summed E-state index contributed by atoms with van der Waals surface area (Å²) in [5.74, 6) is -0.961. The Kier molecular flexibility index (Phi) is 5.79. The zero-order valence-electron chi connectivity index (χ0n) is 13.8. The van der Waals surface area contributed by atoms with Crippen LogP contribution in [-0.2, 0) is 9.59 Å². The van der Waals surface area contributed by atoms with E-state index in [1.165, 1.54) is 0 Å². The minimum Gasteiger partial charge on any atom is -0.481 e. The van der Waals surface area contributed by atoms with Crippen molar-refractivity contribution in [1.82, 2.24) is 5.32 Å². The number of carboxylic acid groups (broad SMARTS) is 1. The number of amides is 1. The molecule has 1 aliphatic rings. The number of carbonyl (C=O) groups is 2. The van der Waals surface area contributed by atoms with Gasteiger partial charge in [-0.3, -0.25) is 9.59 Å². The van der Waals surface area contributed by atoms with Crippen LogP contribution in [0.1, 0.15) is 47.5 Å². The van der Waals surface area contributed by atoms with E-state index in [4.69, 9.17) is 5.73 Å². The van der Waals surface area contributed by atoms with Crippen LogP contribution in [0.5, 0.6) is 0 Å². The van der Waals surface area contributed by atoms with Crippen LogP contribution in [0.15, 0.2) is 0 Å². The predicted molar refractivity (Wildman–Crippen MR) is 82.6 cm³/mol. The maximum absolute atomic E-state index is 12.3. The Morgan fingerprint density at radius 1 is 1.33 bits per heavy atom. The second-order valence-corrected chi connectivity index (χ2v) is 7.28. The van der Waals surface area contributed by atoms with Crippen molar-refractivity contribution in [2.75, 3.05) is 6.54 Å². The third kappa shape index (κ3) is 3.76. The van der Waals surface area contributed by atoms with Gasteiger partial charge in [-0.25, -0.2) is 0 Å². The van der Waals surface area contributed by atoms with Gasteiger partial charge in [0.05, 0.1) is 11.8 Å². The first-order chi connectivity index (χ1) is 9.62. The maximum atomic E-state index is 12.3. The topological polar surface area (TPSA) is 92.4 Å². The average molecular weight is 298 g/mol. The molecule has 0 aromatic carbocycles. The first kappa shape index (κ1) is 18.0. The molecule has 0 aromatic rings. The molecule has 0 spiro atoms. The van der Waals surface area contributed by atoms with E-state index in [2.05, 4.69) is 5.32 Å². The minimum absolute atomic E-state index is 0.00562. The molecule has 4 unspecified atom stereocenters. The molecule has 0 heterocycles. The summed E-state index contributed by atoms with van der Waals surface area (Å²) < 4.78 is 0. The summed E-state index contributed by atoms with van der Waals surface area (Å²) in [4.78, 5) is 23.7. The highest BCUT2D eigenvalue weighted by Gasteiger charge is 2.46. The molecule has 0 saturated heterocycles. The van der Waals surface area contributed by atoms with E-state index in [-0.39, 0.29) is 41.0 Å². The molecule has 5 nitrogen and oxygen atoms in total. The van der Waals surface area contributed by atoms with Crippen molar-refractivity contribution >= 4 is 11.9 Å². The number of aliphatic carboxylic acids is 1. The van der Waals surface area contributed by atoms with Crippen molar-refractivity contribution in [3.63, 3.8) is 0 Å². The Labute approximate surface area is 127 Å².